The van der Waals surface area contributed by atoms with Gasteiger partial charge in [-0.3, -0.25) is 9.80 Å². The third kappa shape index (κ3) is 3.91. The molecule has 0 saturated carbocycles. The van der Waals surface area contributed by atoms with E-state index in [1.807, 2.05) is 30.3 Å². The molecule has 0 aliphatic carbocycles. The molecule has 0 radical (unpaired) electrons. The molecule has 1 aromatic heterocycles. The molecule has 0 unspecified atom stereocenters. The van der Waals surface area contributed by atoms with E-state index in [2.05, 4.69) is 19.9 Å². The Balaban J connectivity index is 1.45. The van der Waals surface area contributed by atoms with Gasteiger partial charge in [-0.15, -0.1) is 0 Å². The summed E-state index contributed by atoms with van der Waals surface area (Å²) in [5, 5.41) is 14.2. The summed E-state index contributed by atoms with van der Waals surface area (Å²) in [6, 6.07) is 9.83. The quantitative estimate of drug-likeness (QED) is 0.896. The van der Waals surface area contributed by atoms with Gasteiger partial charge in [-0.25, -0.2) is 0 Å². The van der Waals surface area contributed by atoms with Crippen molar-refractivity contribution in [2.24, 2.45) is 0 Å². The Labute approximate surface area is 130 Å². The van der Waals surface area contributed by atoms with Gasteiger partial charge in [-0.05, 0) is 5.56 Å². The molecule has 0 bridgehead atoms. The number of hydrogen-bond acceptors (Lipinski definition) is 6. The Bertz CT molecular complexity index is 579. The van der Waals surface area contributed by atoms with E-state index in [4.69, 9.17) is 4.52 Å². The molecule has 1 aliphatic rings. The largest absolute Gasteiger partial charge is 0.387 e. The molecule has 3 rings (SSSR count). The molecule has 0 amide bonds. The topological polar surface area (TPSA) is 65.6 Å². The van der Waals surface area contributed by atoms with E-state index < -0.39 is 6.10 Å². The number of aliphatic hydroxyl groups is 1. The smallest absolute Gasteiger partial charge is 0.223 e. The number of aliphatic hydroxyl groups excluding tert-OH is 1. The average molecular weight is 302 g/mol. The van der Waals surface area contributed by atoms with Crippen LogP contribution < -0.4 is 0 Å². The van der Waals surface area contributed by atoms with Crippen LogP contribution in [0.3, 0.4) is 0 Å². The van der Waals surface area contributed by atoms with E-state index in [0.29, 0.717) is 12.4 Å². The summed E-state index contributed by atoms with van der Waals surface area (Å²) in [7, 11) is 0. The van der Waals surface area contributed by atoms with Crippen molar-refractivity contribution in [3.63, 3.8) is 0 Å². The predicted molar refractivity (Wildman–Crippen MR) is 82.2 cm³/mol. The van der Waals surface area contributed by atoms with Crippen molar-refractivity contribution in [2.45, 2.75) is 19.6 Å². The molecular formula is C16H22N4O2. The molecule has 22 heavy (non-hydrogen) atoms. The minimum absolute atomic E-state index is 0.424. The third-order valence-corrected chi connectivity index (χ3v) is 4.02. The third-order valence-electron chi connectivity index (χ3n) is 4.02. The van der Waals surface area contributed by atoms with Crippen molar-refractivity contribution in [2.75, 3.05) is 32.7 Å². The molecule has 1 saturated heterocycles. The standard InChI is InChI=1S/C16H22N4O2/c1-13-17-16(18-22-13)12-20-9-7-19(8-10-20)11-15(21)14-5-3-2-4-6-14/h2-6,15,21H,7-12H2,1H3/t15-/m1/s1. The summed E-state index contributed by atoms with van der Waals surface area (Å²) in [5.41, 5.74) is 0.979. The highest BCUT2D eigenvalue weighted by atomic mass is 16.5. The van der Waals surface area contributed by atoms with E-state index in [9.17, 15) is 5.11 Å². The SMILES string of the molecule is Cc1nc(CN2CCN(C[C@@H](O)c3ccccc3)CC2)no1. The molecule has 118 valence electrons. The first-order chi connectivity index (χ1) is 10.7. The van der Waals surface area contributed by atoms with Crippen LogP contribution in [0.1, 0.15) is 23.4 Å². The first kappa shape index (κ1) is 15.1. The maximum absolute atomic E-state index is 10.3. The van der Waals surface area contributed by atoms with Crippen LogP contribution in [-0.4, -0.2) is 57.8 Å². The Hall–Kier alpha value is -1.76. The zero-order chi connectivity index (χ0) is 15.4. The Morgan fingerprint density at radius 1 is 1.14 bits per heavy atom. The van der Waals surface area contributed by atoms with Gasteiger partial charge in [0.05, 0.1) is 12.6 Å². The molecule has 6 heteroatoms. The van der Waals surface area contributed by atoms with Crippen molar-refractivity contribution < 1.29 is 9.63 Å². The molecule has 1 fully saturated rings. The van der Waals surface area contributed by atoms with Gasteiger partial charge in [-0.2, -0.15) is 4.98 Å². The van der Waals surface area contributed by atoms with Crippen molar-refractivity contribution in [3.05, 3.63) is 47.6 Å². The lowest BCUT2D eigenvalue weighted by Crippen LogP contribution is -2.47. The van der Waals surface area contributed by atoms with Crippen LogP contribution in [-0.2, 0) is 6.54 Å². The van der Waals surface area contributed by atoms with Gasteiger partial charge in [0.25, 0.3) is 0 Å². The van der Waals surface area contributed by atoms with Gasteiger partial charge in [0, 0.05) is 39.6 Å². The number of nitrogens with zero attached hydrogens (tertiary/aromatic N) is 4. The van der Waals surface area contributed by atoms with Crippen LogP contribution in [0.4, 0.5) is 0 Å². The molecule has 1 aromatic carbocycles. The van der Waals surface area contributed by atoms with E-state index in [1.54, 1.807) is 6.92 Å². The monoisotopic (exact) mass is 302 g/mol. The van der Waals surface area contributed by atoms with Crippen LogP contribution in [0, 0.1) is 6.92 Å². The first-order valence-corrected chi connectivity index (χ1v) is 7.67. The fourth-order valence-corrected chi connectivity index (χ4v) is 2.76. The van der Waals surface area contributed by atoms with Gasteiger partial charge >= 0.3 is 0 Å². The lowest BCUT2D eigenvalue weighted by atomic mass is 10.1. The number of aryl methyl sites for hydroxylation is 1. The van der Waals surface area contributed by atoms with E-state index in [1.165, 1.54) is 0 Å². The van der Waals surface area contributed by atoms with Crippen molar-refractivity contribution in [1.29, 1.82) is 0 Å². The van der Waals surface area contributed by atoms with Gasteiger partial charge in [0.2, 0.25) is 5.89 Å². The molecule has 2 aromatic rings. The van der Waals surface area contributed by atoms with Gasteiger partial charge < -0.3 is 9.63 Å². The van der Waals surface area contributed by atoms with Crippen LogP contribution >= 0.6 is 0 Å². The summed E-state index contributed by atoms with van der Waals surface area (Å²) >= 11 is 0. The lowest BCUT2D eigenvalue weighted by molar-refractivity contribution is 0.0690. The van der Waals surface area contributed by atoms with Crippen molar-refractivity contribution in [3.8, 4) is 0 Å². The van der Waals surface area contributed by atoms with E-state index >= 15 is 0 Å². The molecule has 1 aliphatic heterocycles. The molecule has 1 atom stereocenters. The summed E-state index contributed by atoms with van der Waals surface area (Å²) in [4.78, 5) is 8.86. The second kappa shape index (κ2) is 7.00. The van der Waals surface area contributed by atoms with E-state index in [-0.39, 0.29) is 0 Å². The zero-order valence-corrected chi connectivity index (χ0v) is 12.9. The first-order valence-electron chi connectivity index (χ1n) is 7.67. The molecule has 2 heterocycles. The molecular weight excluding hydrogens is 280 g/mol. The fourth-order valence-electron chi connectivity index (χ4n) is 2.76. The second-order valence-electron chi connectivity index (χ2n) is 5.73. The Kier molecular flexibility index (Phi) is 4.82. The fraction of sp³-hybridized carbons (Fsp3) is 0.500. The molecule has 0 spiro atoms. The van der Waals surface area contributed by atoms with E-state index in [0.717, 1.165) is 44.1 Å². The summed E-state index contributed by atoms with van der Waals surface area (Å²) in [5.74, 6) is 1.36. The lowest BCUT2D eigenvalue weighted by Gasteiger charge is -2.35. The maximum Gasteiger partial charge on any atom is 0.223 e. The predicted octanol–water partition coefficient (Wildman–Crippen LogP) is 1.23. The highest BCUT2D eigenvalue weighted by Gasteiger charge is 2.21. The van der Waals surface area contributed by atoms with Crippen molar-refractivity contribution >= 4 is 0 Å². The molecule has 6 nitrogen and oxygen atoms in total. The summed E-state index contributed by atoms with van der Waals surface area (Å²) in [6.45, 7) is 7.01. The summed E-state index contributed by atoms with van der Waals surface area (Å²) < 4.78 is 5.00. The minimum atomic E-state index is -0.424. The average Bonchev–Trinajstić information content (AvgIpc) is 2.95. The van der Waals surface area contributed by atoms with Crippen molar-refractivity contribution in [1.82, 2.24) is 19.9 Å². The zero-order valence-electron chi connectivity index (χ0n) is 12.9. The Morgan fingerprint density at radius 3 is 2.45 bits per heavy atom. The number of β-amino-alcohol motifs (C(OH)–C–C–N with tert-alkyl or cyclic N) is 1. The number of benzene rings is 1. The number of piperazine rings is 1. The van der Waals surface area contributed by atoms with Crippen LogP contribution in [0.15, 0.2) is 34.9 Å². The molecule has 1 N–H and O–H groups in total. The van der Waals surface area contributed by atoms with Gasteiger partial charge in [0.1, 0.15) is 0 Å². The van der Waals surface area contributed by atoms with Crippen LogP contribution in [0.5, 0.6) is 0 Å². The minimum Gasteiger partial charge on any atom is -0.387 e. The highest BCUT2D eigenvalue weighted by Crippen LogP contribution is 2.15. The number of hydrogen-bond donors (Lipinski definition) is 1. The highest BCUT2D eigenvalue weighted by molar-refractivity contribution is 5.17. The van der Waals surface area contributed by atoms with Crippen LogP contribution in [0.25, 0.3) is 0 Å². The number of aromatic nitrogens is 2. The summed E-state index contributed by atoms with van der Waals surface area (Å²) in [6.07, 6.45) is -0.424. The maximum atomic E-state index is 10.3. The normalized spacial score (nSPS) is 18.5. The number of rotatable bonds is 5. The van der Waals surface area contributed by atoms with Crippen LogP contribution in [0.2, 0.25) is 0 Å². The van der Waals surface area contributed by atoms with Gasteiger partial charge in [0.15, 0.2) is 5.82 Å². The van der Waals surface area contributed by atoms with Gasteiger partial charge in [-0.1, -0.05) is 35.5 Å². The second-order valence-corrected chi connectivity index (χ2v) is 5.73. The Morgan fingerprint density at radius 2 is 1.82 bits per heavy atom.